The molecule has 72 valence electrons. The fourth-order valence-corrected chi connectivity index (χ4v) is 3.47. The van der Waals surface area contributed by atoms with Crippen LogP contribution in [0.25, 0.3) is 0 Å². The van der Waals surface area contributed by atoms with E-state index < -0.39 is 25.8 Å². The van der Waals surface area contributed by atoms with Gasteiger partial charge in [0, 0.05) is 6.07 Å². The normalized spacial score (nSPS) is 12.6. The molecule has 1 aromatic rings. The minimum Gasteiger partial charge on any atom is -0.425 e. The van der Waals surface area contributed by atoms with Gasteiger partial charge in [-0.1, -0.05) is 0 Å². The first-order chi connectivity index (χ1) is 5.96. The van der Waals surface area contributed by atoms with E-state index in [2.05, 4.69) is 4.74 Å². The quantitative estimate of drug-likeness (QED) is 0.589. The van der Waals surface area contributed by atoms with Crippen LogP contribution in [0.2, 0.25) is 0 Å². The highest BCUT2D eigenvalue weighted by atomic mass is 32.3. The summed E-state index contributed by atoms with van der Waals surface area (Å²) in [4.78, 5) is 11.0. The van der Waals surface area contributed by atoms with E-state index >= 15 is 0 Å². The van der Waals surface area contributed by atoms with Crippen LogP contribution in [0.1, 0.15) is 0 Å². The van der Waals surface area contributed by atoms with Crippen molar-refractivity contribution >= 4 is 25.8 Å². The van der Waals surface area contributed by atoms with Gasteiger partial charge < -0.3 is 4.74 Å². The lowest BCUT2D eigenvalue weighted by molar-refractivity contribution is 0.199. The van der Waals surface area contributed by atoms with Gasteiger partial charge in [0.25, 0.3) is 14.2 Å². The van der Waals surface area contributed by atoms with Gasteiger partial charge in [0.1, 0.15) is 10.5 Å². The Balaban J connectivity index is 3.26. The first kappa shape index (κ1) is 10.2. The Morgan fingerprint density at radius 3 is 2.69 bits per heavy atom. The molecule has 2 N–H and O–H groups in total. The fourth-order valence-electron chi connectivity index (χ4n) is 0.784. The second kappa shape index (κ2) is 3.44. The topological polar surface area (TPSA) is 86.5 Å². The van der Waals surface area contributed by atoms with Crippen molar-refractivity contribution in [2.24, 2.45) is 5.14 Å². The summed E-state index contributed by atoms with van der Waals surface area (Å²) in [5, 5.41) is 5.73. The van der Waals surface area contributed by atoms with E-state index in [1.165, 1.54) is 24.6 Å². The molecule has 0 aliphatic rings. The first-order valence-corrected chi connectivity index (χ1v) is 6.02. The Labute approximate surface area is 78.1 Å². The number of thiophene rings is 1. The summed E-state index contributed by atoms with van der Waals surface area (Å²) in [5.41, 5.74) is 0. The van der Waals surface area contributed by atoms with Crippen molar-refractivity contribution in [2.75, 3.05) is 7.11 Å². The van der Waals surface area contributed by atoms with Crippen LogP contribution in [0.3, 0.4) is 0 Å². The van der Waals surface area contributed by atoms with Gasteiger partial charge in [-0.25, -0.2) is 13.6 Å². The highest BCUT2D eigenvalue weighted by Crippen LogP contribution is 2.29. The lowest BCUT2D eigenvalue weighted by Crippen LogP contribution is -2.12. The van der Waals surface area contributed by atoms with Crippen molar-refractivity contribution < 1.29 is 17.9 Å². The van der Waals surface area contributed by atoms with Gasteiger partial charge in [0.2, 0.25) is 0 Å². The van der Waals surface area contributed by atoms with E-state index in [-0.39, 0.29) is 4.21 Å². The fraction of sp³-hybridized carbons (Fsp3) is 0.167. The predicted molar refractivity (Wildman–Crippen MR) is 48.1 cm³/mol. The van der Waals surface area contributed by atoms with E-state index in [1.54, 1.807) is 0 Å². The summed E-state index contributed by atoms with van der Waals surface area (Å²) in [6.07, 6.45) is 0. The second-order valence-corrected chi connectivity index (χ2v) is 5.66. The molecule has 0 saturated heterocycles. The third kappa shape index (κ3) is 2.06. The molecule has 0 radical (unpaired) electrons. The van der Waals surface area contributed by atoms with Crippen molar-refractivity contribution in [3.05, 3.63) is 17.5 Å². The van der Waals surface area contributed by atoms with Gasteiger partial charge in [-0.3, -0.25) is 0 Å². The Morgan fingerprint density at radius 1 is 1.62 bits per heavy atom. The number of nitrogens with two attached hydrogens (primary N) is 1. The SMILES string of the molecule is COC(=O)[s+]1cccc1S(N)(=O)=O. The maximum Gasteiger partial charge on any atom is 0.555 e. The van der Waals surface area contributed by atoms with Crippen LogP contribution >= 0.6 is 10.5 Å². The number of methoxy groups -OCH3 is 1. The zero-order valence-electron chi connectivity index (χ0n) is 6.76. The molecule has 0 bridgehead atoms. The number of sulfonamides is 1. The summed E-state index contributed by atoms with van der Waals surface area (Å²) >= 11 is 0. The maximum atomic E-state index is 11.0. The standard InChI is InChI=1S/C6H8NO4S2/c1-11-6(8)12-4-2-3-5(12)13(7,9)10/h2-4H,1H3,(H2,7,9,10)/q+1. The minimum atomic E-state index is -3.80. The molecular weight excluding hydrogens is 214 g/mol. The number of rotatable bonds is 2. The molecule has 0 fully saturated rings. The molecule has 0 amide bonds. The number of primary sulfonamides is 1. The van der Waals surface area contributed by atoms with Crippen molar-refractivity contribution in [3.63, 3.8) is 0 Å². The lowest BCUT2D eigenvalue weighted by atomic mass is 10.7. The smallest absolute Gasteiger partial charge is 0.425 e. The summed E-state index contributed by atoms with van der Waals surface area (Å²) in [6.45, 7) is 0. The molecule has 0 spiro atoms. The van der Waals surface area contributed by atoms with Gasteiger partial charge in [0.15, 0.2) is 5.38 Å². The largest absolute Gasteiger partial charge is 0.555 e. The van der Waals surface area contributed by atoms with Gasteiger partial charge >= 0.3 is 5.30 Å². The Morgan fingerprint density at radius 2 is 2.23 bits per heavy atom. The lowest BCUT2D eigenvalue weighted by Gasteiger charge is -1.90. The highest BCUT2D eigenvalue weighted by molar-refractivity contribution is 7.92. The third-order valence-electron chi connectivity index (χ3n) is 1.29. The number of ether oxygens (including phenoxy) is 1. The molecule has 0 saturated carbocycles. The van der Waals surface area contributed by atoms with Gasteiger partial charge in [-0.05, 0) is 6.07 Å². The molecule has 1 aromatic heterocycles. The van der Waals surface area contributed by atoms with Gasteiger partial charge in [-0.2, -0.15) is 4.79 Å². The minimum absolute atomic E-state index is 0.0978. The molecule has 13 heavy (non-hydrogen) atoms. The highest BCUT2D eigenvalue weighted by Gasteiger charge is 2.30. The van der Waals surface area contributed by atoms with E-state index in [1.807, 2.05) is 0 Å². The molecule has 0 aliphatic carbocycles. The molecule has 1 heterocycles. The Hall–Kier alpha value is -0.920. The summed E-state index contributed by atoms with van der Waals surface area (Å²) in [7, 11) is -3.77. The number of carbonyl (C=O) groups is 1. The van der Waals surface area contributed by atoms with E-state index in [4.69, 9.17) is 5.14 Å². The summed E-state index contributed by atoms with van der Waals surface area (Å²) < 4.78 is 26.2. The third-order valence-corrected chi connectivity index (χ3v) is 4.75. The van der Waals surface area contributed by atoms with Crippen LogP contribution in [0.5, 0.6) is 0 Å². The van der Waals surface area contributed by atoms with Crippen LogP contribution in [0.15, 0.2) is 21.7 Å². The molecule has 1 atom stereocenters. The van der Waals surface area contributed by atoms with Gasteiger partial charge in [0.05, 0.1) is 7.11 Å². The Kier molecular flexibility index (Phi) is 2.69. The van der Waals surface area contributed by atoms with Crippen molar-refractivity contribution in [3.8, 4) is 0 Å². The Bertz CT molecular complexity index is 420. The van der Waals surface area contributed by atoms with Crippen molar-refractivity contribution in [2.45, 2.75) is 4.21 Å². The molecule has 0 aliphatic heterocycles. The van der Waals surface area contributed by atoms with E-state index in [9.17, 15) is 13.2 Å². The molecule has 1 rings (SSSR count). The van der Waals surface area contributed by atoms with Crippen LogP contribution in [0.4, 0.5) is 4.79 Å². The second-order valence-electron chi connectivity index (χ2n) is 2.15. The molecule has 7 heteroatoms. The van der Waals surface area contributed by atoms with Crippen LogP contribution in [0, 0.1) is 0 Å². The molecule has 0 aromatic carbocycles. The average molecular weight is 222 g/mol. The zero-order chi connectivity index (χ0) is 10.1. The van der Waals surface area contributed by atoms with Gasteiger partial charge in [-0.15, -0.1) is 0 Å². The zero-order valence-corrected chi connectivity index (χ0v) is 8.39. The van der Waals surface area contributed by atoms with Crippen LogP contribution in [-0.4, -0.2) is 20.8 Å². The number of carbonyl (C=O) groups excluding carboxylic acids is 1. The first-order valence-electron chi connectivity index (χ1n) is 3.19. The monoisotopic (exact) mass is 222 g/mol. The number of hydrogen-bond donors (Lipinski definition) is 1. The molecule has 1 unspecified atom stereocenters. The maximum absolute atomic E-state index is 11.0. The number of hydrogen-bond acceptors (Lipinski definition) is 4. The molecular formula is C6H8NO4S2+. The summed E-state index contributed by atoms with van der Waals surface area (Å²) in [6, 6.07) is 2.77. The van der Waals surface area contributed by atoms with E-state index in [0.29, 0.717) is 0 Å². The van der Waals surface area contributed by atoms with E-state index in [0.717, 1.165) is 0 Å². The summed E-state index contributed by atoms with van der Waals surface area (Å²) in [5.74, 6) is 0. The average Bonchev–Trinajstić information content (AvgIpc) is 2.49. The van der Waals surface area contributed by atoms with Crippen LogP contribution < -0.4 is 5.14 Å². The van der Waals surface area contributed by atoms with Crippen molar-refractivity contribution in [1.29, 1.82) is 0 Å². The molecule has 5 nitrogen and oxygen atoms in total. The predicted octanol–water partition coefficient (Wildman–Crippen LogP) is 0.698. The van der Waals surface area contributed by atoms with Crippen LogP contribution in [-0.2, 0) is 14.8 Å². The van der Waals surface area contributed by atoms with Crippen molar-refractivity contribution in [1.82, 2.24) is 0 Å².